The molecule has 0 saturated carbocycles. The minimum atomic E-state index is -0.166. The second-order valence-electron chi connectivity index (χ2n) is 3.70. The van der Waals surface area contributed by atoms with E-state index in [1.807, 2.05) is 19.1 Å². The highest BCUT2D eigenvalue weighted by atomic mass is 16.2. The summed E-state index contributed by atoms with van der Waals surface area (Å²) in [6.45, 7) is 2.52. The van der Waals surface area contributed by atoms with Crippen LogP contribution in [-0.2, 0) is 11.3 Å². The highest BCUT2D eigenvalue weighted by Gasteiger charge is 2.13. The maximum Gasteiger partial charge on any atom is 0.238 e. The molecule has 1 atom stereocenters. The van der Waals surface area contributed by atoms with Gasteiger partial charge >= 0.3 is 0 Å². The van der Waals surface area contributed by atoms with Crippen LogP contribution in [0.2, 0.25) is 0 Å². The number of nitrogens with zero attached hydrogens (tertiary/aromatic N) is 2. The number of likely N-dealkylation sites (N-methyl/N-ethyl adjacent to an activating group) is 1. The molecule has 15 heavy (non-hydrogen) atoms. The van der Waals surface area contributed by atoms with Crippen LogP contribution in [0.1, 0.15) is 12.5 Å². The first kappa shape index (κ1) is 11.7. The predicted octanol–water partition coefficient (Wildman–Crippen LogP) is 0.648. The zero-order chi connectivity index (χ0) is 11.3. The Labute approximate surface area is 90.3 Å². The monoisotopic (exact) mass is 207 g/mol. The SMILES string of the molecule is C[C@H](NCc1cccnc1)C(=O)N(C)C. The van der Waals surface area contributed by atoms with Crippen molar-refractivity contribution in [3.8, 4) is 0 Å². The van der Waals surface area contributed by atoms with E-state index in [2.05, 4.69) is 10.3 Å². The minimum Gasteiger partial charge on any atom is -0.347 e. The first-order valence-electron chi connectivity index (χ1n) is 4.94. The van der Waals surface area contributed by atoms with E-state index >= 15 is 0 Å². The lowest BCUT2D eigenvalue weighted by Gasteiger charge is -2.17. The van der Waals surface area contributed by atoms with Crippen LogP contribution in [0, 0.1) is 0 Å². The average Bonchev–Trinajstić information content (AvgIpc) is 2.26. The number of rotatable bonds is 4. The van der Waals surface area contributed by atoms with Crippen LogP contribution in [0.25, 0.3) is 0 Å². The minimum absolute atomic E-state index is 0.0823. The van der Waals surface area contributed by atoms with Gasteiger partial charge in [0.05, 0.1) is 6.04 Å². The number of amides is 1. The number of carbonyl (C=O) groups is 1. The van der Waals surface area contributed by atoms with Crippen molar-refractivity contribution < 1.29 is 4.79 Å². The average molecular weight is 207 g/mol. The van der Waals surface area contributed by atoms with Crippen molar-refractivity contribution in [1.82, 2.24) is 15.2 Å². The second-order valence-corrected chi connectivity index (χ2v) is 3.70. The zero-order valence-electron chi connectivity index (χ0n) is 9.40. The summed E-state index contributed by atoms with van der Waals surface area (Å²) in [7, 11) is 3.51. The van der Waals surface area contributed by atoms with Gasteiger partial charge in [-0.05, 0) is 18.6 Å². The molecule has 0 radical (unpaired) electrons. The van der Waals surface area contributed by atoms with Crippen LogP contribution >= 0.6 is 0 Å². The maximum absolute atomic E-state index is 11.5. The Morgan fingerprint density at radius 2 is 2.33 bits per heavy atom. The van der Waals surface area contributed by atoms with E-state index in [1.165, 1.54) is 0 Å². The van der Waals surface area contributed by atoms with Crippen molar-refractivity contribution in [2.24, 2.45) is 0 Å². The van der Waals surface area contributed by atoms with Gasteiger partial charge in [0.1, 0.15) is 0 Å². The zero-order valence-corrected chi connectivity index (χ0v) is 9.40. The third-order valence-corrected chi connectivity index (χ3v) is 2.15. The third kappa shape index (κ3) is 3.67. The van der Waals surface area contributed by atoms with Crippen LogP contribution in [0.3, 0.4) is 0 Å². The highest BCUT2D eigenvalue weighted by Crippen LogP contribution is 1.96. The van der Waals surface area contributed by atoms with E-state index in [0.29, 0.717) is 6.54 Å². The fourth-order valence-corrected chi connectivity index (χ4v) is 1.25. The van der Waals surface area contributed by atoms with Gasteiger partial charge in [-0.1, -0.05) is 6.07 Å². The third-order valence-electron chi connectivity index (χ3n) is 2.15. The molecule has 0 bridgehead atoms. The van der Waals surface area contributed by atoms with E-state index < -0.39 is 0 Å². The molecule has 0 aliphatic heterocycles. The Balaban J connectivity index is 2.41. The van der Waals surface area contributed by atoms with E-state index in [-0.39, 0.29) is 11.9 Å². The molecule has 4 heteroatoms. The molecule has 0 aromatic carbocycles. The van der Waals surface area contributed by atoms with Crippen molar-refractivity contribution in [2.75, 3.05) is 14.1 Å². The van der Waals surface area contributed by atoms with Crippen molar-refractivity contribution in [3.05, 3.63) is 30.1 Å². The Kier molecular flexibility index (Phi) is 4.24. The summed E-state index contributed by atoms with van der Waals surface area (Å²) in [4.78, 5) is 17.1. The lowest BCUT2D eigenvalue weighted by molar-refractivity contribution is -0.130. The van der Waals surface area contributed by atoms with E-state index in [1.54, 1.807) is 31.4 Å². The molecule has 1 heterocycles. The summed E-state index contributed by atoms with van der Waals surface area (Å²) in [6.07, 6.45) is 3.53. The molecular weight excluding hydrogens is 190 g/mol. The molecule has 1 aromatic heterocycles. The van der Waals surface area contributed by atoms with Gasteiger partial charge in [0, 0.05) is 33.0 Å². The van der Waals surface area contributed by atoms with Gasteiger partial charge in [0.15, 0.2) is 0 Å². The van der Waals surface area contributed by atoms with Gasteiger partial charge in [-0.3, -0.25) is 9.78 Å². The summed E-state index contributed by atoms with van der Waals surface area (Å²) >= 11 is 0. The molecule has 4 nitrogen and oxygen atoms in total. The molecule has 0 unspecified atom stereocenters. The van der Waals surface area contributed by atoms with Gasteiger partial charge in [-0.2, -0.15) is 0 Å². The molecule has 1 rings (SSSR count). The number of nitrogens with one attached hydrogen (secondary N) is 1. The standard InChI is InChI=1S/C11H17N3O/c1-9(11(15)14(2)3)13-8-10-5-4-6-12-7-10/h4-7,9,13H,8H2,1-3H3/t9-/m0/s1. The Bertz CT molecular complexity index is 311. The van der Waals surface area contributed by atoms with Crippen molar-refractivity contribution in [1.29, 1.82) is 0 Å². The van der Waals surface area contributed by atoms with Gasteiger partial charge in [-0.25, -0.2) is 0 Å². The Hall–Kier alpha value is -1.42. The number of pyridine rings is 1. The van der Waals surface area contributed by atoms with Gasteiger partial charge < -0.3 is 10.2 Å². The quantitative estimate of drug-likeness (QED) is 0.788. The largest absolute Gasteiger partial charge is 0.347 e. The van der Waals surface area contributed by atoms with Crippen LogP contribution < -0.4 is 5.32 Å². The molecule has 1 aromatic rings. The number of aromatic nitrogens is 1. The Morgan fingerprint density at radius 1 is 1.60 bits per heavy atom. The van der Waals surface area contributed by atoms with Crippen molar-refractivity contribution in [3.63, 3.8) is 0 Å². The summed E-state index contributed by atoms with van der Waals surface area (Å²) < 4.78 is 0. The molecular formula is C11H17N3O. The summed E-state index contributed by atoms with van der Waals surface area (Å²) in [6, 6.07) is 3.70. The van der Waals surface area contributed by atoms with Gasteiger partial charge in [0.2, 0.25) is 5.91 Å². The predicted molar refractivity (Wildman–Crippen MR) is 59.2 cm³/mol. The topological polar surface area (TPSA) is 45.2 Å². The van der Waals surface area contributed by atoms with Crippen LogP contribution in [0.4, 0.5) is 0 Å². The summed E-state index contributed by atoms with van der Waals surface area (Å²) in [5, 5.41) is 3.15. The molecule has 82 valence electrons. The van der Waals surface area contributed by atoms with Crippen molar-refractivity contribution in [2.45, 2.75) is 19.5 Å². The highest BCUT2D eigenvalue weighted by molar-refractivity contribution is 5.80. The van der Waals surface area contributed by atoms with Gasteiger partial charge in [-0.15, -0.1) is 0 Å². The molecule has 0 saturated heterocycles. The molecule has 0 spiro atoms. The fourth-order valence-electron chi connectivity index (χ4n) is 1.25. The van der Waals surface area contributed by atoms with Crippen LogP contribution in [-0.4, -0.2) is 35.9 Å². The smallest absolute Gasteiger partial charge is 0.238 e. The van der Waals surface area contributed by atoms with Gasteiger partial charge in [0.25, 0.3) is 0 Å². The summed E-state index contributed by atoms with van der Waals surface area (Å²) in [5.74, 6) is 0.0823. The molecule has 0 aliphatic carbocycles. The number of carbonyl (C=O) groups excluding carboxylic acids is 1. The van der Waals surface area contributed by atoms with Crippen molar-refractivity contribution >= 4 is 5.91 Å². The van der Waals surface area contributed by atoms with E-state index in [4.69, 9.17) is 0 Å². The lowest BCUT2D eigenvalue weighted by Crippen LogP contribution is -2.41. The normalized spacial score (nSPS) is 12.2. The molecule has 0 aliphatic rings. The fraction of sp³-hybridized carbons (Fsp3) is 0.455. The molecule has 1 amide bonds. The molecule has 1 N–H and O–H groups in total. The van der Waals surface area contributed by atoms with Crippen LogP contribution in [0.5, 0.6) is 0 Å². The van der Waals surface area contributed by atoms with E-state index in [9.17, 15) is 4.79 Å². The lowest BCUT2D eigenvalue weighted by atomic mass is 10.2. The maximum atomic E-state index is 11.5. The second kappa shape index (κ2) is 5.46. The van der Waals surface area contributed by atoms with E-state index in [0.717, 1.165) is 5.56 Å². The van der Waals surface area contributed by atoms with Crippen LogP contribution in [0.15, 0.2) is 24.5 Å². The Morgan fingerprint density at radius 3 is 2.87 bits per heavy atom. The number of hydrogen-bond acceptors (Lipinski definition) is 3. The summed E-state index contributed by atoms with van der Waals surface area (Å²) in [5.41, 5.74) is 1.08. The molecule has 0 fully saturated rings. The first-order chi connectivity index (χ1) is 7.11. The number of hydrogen-bond donors (Lipinski definition) is 1. The first-order valence-corrected chi connectivity index (χ1v) is 4.94.